The second kappa shape index (κ2) is 6.74. The summed E-state index contributed by atoms with van der Waals surface area (Å²) in [4.78, 5) is 16.9. The molecule has 6 heteroatoms. The van der Waals surface area contributed by atoms with Gasteiger partial charge in [0.25, 0.3) is 0 Å². The molecule has 1 aromatic rings. The highest BCUT2D eigenvalue weighted by molar-refractivity contribution is 5.79. The number of amides is 1. The molecule has 0 saturated carbocycles. The fraction of sp³-hybridized carbons (Fsp3) is 0.650. The lowest BCUT2D eigenvalue weighted by atomic mass is 9.83. The van der Waals surface area contributed by atoms with Crippen molar-refractivity contribution in [1.82, 2.24) is 9.80 Å². The molecule has 3 heterocycles. The van der Waals surface area contributed by atoms with Crippen LogP contribution in [0.3, 0.4) is 0 Å². The molecule has 1 aromatic carbocycles. The Kier molecular flexibility index (Phi) is 4.57. The molecule has 4 rings (SSSR count). The molecule has 2 fully saturated rings. The van der Waals surface area contributed by atoms with Crippen LogP contribution >= 0.6 is 0 Å². The first kappa shape index (κ1) is 17.6. The number of nitrogens with two attached hydrogens (primary N) is 1. The number of hydrogen-bond acceptors (Lipinski definition) is 5. The van der Waals surface area contributed by atoms with E-state index in [0.29, 0.717) is 18.4 Å². The Labute approximate surface area is 155 Å². The van der Waals surface area contributed by atoms with E-state index < -0.39 is 0 Å². The summed E-state index contributed by atoms with van der Waals surface area (Å²) in [6.07, 6.45) is 2.51. The third-order valence-corrected chi connectivity index (χ3v) is 6.28. The molecule has 3 aliphatic rings. The van der Waals surface area contributed by atoms with E-state index >= 15 is 0 Å². The van der Waals surface area contributed by atoms with Gasteiger partial charge >= 0.3 is 0 Å². The van der Waals surface area contributed by atoms with Crippen LogP contribution < -0.4 is 15.2 Å². The lowest BCUT2D eigenvalue weighted by Crippen LogP contribution is -2.60. The molecule has 2 saturated heterocycles. The Morgan fingerprint density at radius 1 is 1.15 bits per heavy atom. The summed E-state index contributed by atoms with van der Waals surface area (Å²) in [5.74, 6) is 2.26. The van der Waals surface area contributed by atoms with Crippen molar-refractivity contribution in [2.24, 2.45) is 11.7 Å². The van der Waals surface area contributed by atoms with Crippen molar-refractivity contribution in [2.45, 2.75) is 44.3 Å². The average molecular weight is 359 g/mol. The highest BCUT2D eigenvalue weighted by atomic mass is 16.5. The van der Waals surface area contributed by atoms with Crippen LogP contribution in [0.1, 0.15) is 36.9 Å². The number of hydrogen-bond donors (Lipinski definition) is 1. The normalized spacial score (nSPS) is 31.5. The van der Waals surface area contributed by atoms with E-state index in [1.807, 2.05) is 4.90 Å². The lowest BCUT2D eigenvalue weighted by Gasteiger charge is -2.48. The number of likely N-dealkylation sites (tertiary alicyclic amines) is 1. The van der Waals surface area contributed by atoms with Crippen LogP contribution in [0.2, 0.25) is 0 Å². The summed E-state index contributed by atoms with van der Waals surface area (Å²) < 4.78 is 11.0. The first-order valence-corrected chi connectivity index (χ1v) is 9.55. The standard InChI is InChI=1S/C20H29N3O3/c1-12-6-20(24)23(10-12)17-11-22-5-4-13-7-18(25-2)19(26-3)8-14(13)16(22)9-15(17)21/h7-8,12,15-17H,4-6,9-11,21H2,1-3H3/t12-,15+,16+,17+/m0/s1. The maximum Gasteiger partial charge on any atom is 0.223 e. The topological polar surface area (TPSA) is 68.0 Å². The zero-order valence-electron chi connectivity index (χ0n) is 15.9. The van der Waals surface area contributed by atoms with Gasteiger partial charge in [-0.15, -0.1) is 0 Å². The van der Waals surface area contributed by atoms with Gasteiger partial charge in [-0.3, -0.25) is 9.69 Å². The smallest absolute Gasteiger partial charge is 0.223 e. The highest BCUT2D eigenvalue weighted by Crippen LogP contribution is 2.42. The fourth-order valence-electron chi connectivity index (χ4n) is 4.93. The van der Waals surface area contributed by atoms with Crippen molar-refractivity contribution >= 4 is 5.91 Å². The number of rotatable bonds is 3. The number of ether oxygens (including phenoxy) is 2. The zero-order valence-corrected chi connectivity index (χ0v) is 15.9. The molecule has 4 atom stereocenters. The molecule has 0 bridgehead atoms. The monoisotopic (exact) mass is 359 g/mol. The second-order valence-corrected chi connectivity index (χ2v) is 7.99. The minimum atomic E-state index is 0.00421. The van der Waals surface area contributed by atoms with Crippen molar-refractivity contribution in [3.05, 3.63) is 23.3 Å². The Balaban J connectivity index is 1.60. The molecule has 3 aliphatic heterocycles. The average Bonchev–Trinajstić information content (AvgIpc) is 2.97. The van der Waals surface area contributed by atoms with Crippen LogP contribution in [0, 0.1) is 5.92 Å². The summed E-state index contributed by atoms with van der Waals surface area (Å²) in [6, 6.07) is 4.64. The van der Waals surface area contributed by atoms with E-state index in [-0.39, 0.29) is 18.0 Å². The van der Waals surface area contributed by atoms with E-state index in [4.69, 9.17) is 15.2 Å². The number of carbonyl (C=O) groups excluding carboxylic acids is 1. The van der Waals surface area contributed by atoms with Crippen LogP contribution in [-0.4, -0.2) is 61.6 Å². The van der Waals surface area contributed by atoms with Gasteiger partial charge in [-0.2, -0.15) is 0 Å². The largest absolute Gasteiger partial charge is 0.493 e. The van der Waals surface area contributed by atoms with E-state index in [0.717, 1.165) is 44.0 Å². The van der Waals surface area contributed by atoms with Gasteiger partial charge in [0.2, 0.25) is 5.91 Å². The van der Waals surface area contributed by atoms with Gasteiger partial charge in [0.05, 0.1) is 20.3 Å². The third kappa shape index (κ3) is 2.85. The predicted octanol–water partition coefficient (Wildman–Crippen LogP) is 1.57. The van der Waals surface area contributed by atoms with Crippen molar-refractivity contribution in [1.29, 1.82) is 0 Å². The molecule has 1 amide bonds. The number of fused-ring (bicyclic) bond motifs is 3. The Hall–Kier alpha value is -1.79. The minimum Gasteiger partial charge on any atom is -0.493 e. The molecule has 26 heavy (non-hydrogen) atoms. The fourth-order valence-corrected chi connectivity index (χ4v) is 4.93. The van der Waals surface area contributed by atoms with E-state index in [9.17, 15) is 4.79 Å². The van der Waals surface area contributed by atoms with Gasteiger partial charge in [0.1, 0.15) is 0 Å². The van der Waals surface area contributed by atoms with Crippen LogP contribution in [0.5, 0.6) is 11.5 Å². The van der Waals surface area contributed by atoms with Crippen molar-refractivity contribution < 1.29 is 14.3 Å². The van der Waals surface area contributed by atoms with Gasteiger partial charge in [-0.05, 0) is 42.0 Å². The summed E-state index contributed by atoms with van der Waals surface area (Å²) in [7, 11) is 3.35. The molecule has 2 N–H and O–H groups in total. The van der Waals surface area contributed by atoms with Gasteiger partial charge in [0, 0.05) is 38.1 Å². The van der Waals surface area contributed by atoms with Crippen molar-refractivity contribution in [3.63, 3.8) is 0 Å². The zero-order chi connectivity index (χ0) is 18.4. The van der Waals surface area contributed by atoms with Crippen molar-refractivity contribution in [2.75, 3.05) is 33.9 Å². The van der Waals surface area contributed by atoms with Gasteiger partial charge < -0.3 is 20.1 Å². The molecule has 0 spiro atoms. The maximum absolute atomic E-state index is 12.4. The third-order valence-electron chi connectivity index (χ3n) is 6.28. The number of benzene rings is 1. The molecular formula is C20H29N3O3. The number of nitrogens with zero attached hydrogens (tertiary/aromatic N) is 2. The van der Waals surface area contributed by atoms with Crippen LogP contribution in [0.15, 0.2) is 12.1 Å². The molecule has 142 valence electrons. The number of carbonyl (C=O) groups is 1. The molecular weight excluding hydrogens is 330 g/mol. The van der Waals surface area contributed by atoms with Crippen LogP contribution in [-0.2, 0) is 11.2 Å². The number of methoxy groups -OCH3 is 2. The molecule has 0 aromatic heterocycles. The van der Waals surface area contributed by atoms with E-state index in [2.05, 4.69) is 24.0 Å². The second-order valence-electron chi connectivity index (χ2n) is 7.99. The summed E-state index contributed by atoms with van der Waals surface area (Å²) in [5, 5.41) is 0. The van der Waals surface area contributed by atoms with Crippen LogP contribution in [0.4, 0.5) is 0 Å². The molecule has 0 radical (unpaired) electrons. The van der Waals surface area contributed by atoms with Crippen molar-refractivity contribution in [3.8, 4) is 11.5 Å². The van der Waals surface area contributed by atoms with E-state index in [1.165, 1.54) is 11.1 Å². The van der Waals surface area contributed by atoms with Gasteiger partial charge in [-0.1, -0.05) is 6.92 Å². The van der Waals surface area contributed by atoms with Gasteiger partial charge in [0.15, 0.2) is 11.5 Å². The summed E-state index contributed by atoms with van der Waals surface area (Å²) >= 11 is 0. The molecule has 0 unspecified atom stereocenters. The lowest BCUT2D eigenvalue weighted by molar-refractivity contribution is -0.131. The highest BCUT2D eigenvalue weighted by Gasteiger charge is 2.43. The maximum atomic E-state index is 12.4. The van der Waals surface area contributed by atoms with E-state index in [1.54, 1.807) is 14.2 Å². The first-order valence-electron chi connectivity index (χ1n) is 9.55. The van der Waals surface area contributed by atoms with Crippen LogP contribution in [0.25, 0.3) is 0 Å². The van der Waals surface area contributed by atoms with Gasteiger partial charge in [-0.25, -0.2) is 0 Å². The Morgan fingerprint density at radius 3 is 2.54 bits per heavy atom. The predicted molar refractivity (Wildman–Crippen MR) is 99.4 cm³/mol. The quantitative estimate of drug-likeness (QED) is 0.887. The first-order chi connectivity index (χ1) is 12.5. The summed E-state index contributed by atoms with van der Waals surface area (Å²) in [6.45, 7) is 4.84. The minimum absolute atomic E-state index is 0.00421. The number of piperidine rings is 1. The Bertz CT molecular complexity index is 708. The Morgan fingerprint density at radius 2 is 1.88 bits per heavy atom. The SMILES string of the molecule is COc1cc2c(cc1OC)[C@H]1C[C@@H](N)[C@H](N3C[C@@H](C)CC3=O)CN1CC2. The summed E-state index contributed by atoms with van der Waals surface area (Å²) in [5.41, 5.74) is 9.20. The molecule has 6 nitrogen and oxygen atoms in total. The molecule has 0 aliphatic carbocycles.